The predicted octanol–water partition coefficient (Wildman–Crippen LogP) is 4.02. The van der Waals surface area contributed by atoms with E-state index in [1.807, 2.05) is 0 Å². The average molecular weight is 284 g/mol. The summed E-state index contributed by atoms with van der Waals surface area (Å²) in [7, 11) is 0. The predicted molar refractivity (Wildman–Crippen MR) is 74.8 cm³/mol. The molecule has 1 aromatic carbocycles. The lowest BCUT2D eigenvalue weighted by Crippen LogP contribution is -2.33. The molecular formula is C14H22BrN. The minimum absolute atomic E-state index is 0.358. The molecule has 16 heavy (non-hydrogen) atoms. The molecule has 1 rings (SSSR count). The van der Waals surface area contributed by atoms with E-state index in [4.69, 9.17) is 0 Å². The van der Waals surface area contributed by atoms with Gasteiger partial charge in [-0.2, -0.15) is 0 Å². The third-order valence-electron chi connectivity index (χ3n) is 3.18. The molecule has 0 aromatic heterocycles. The Kier molecular flexibility index (Phi) is 5.50. The molecule has 2 heteroatoms. The van der Waals surface area contributed by atoms with Crippen LogP contribution in [0, 0.1) is 5.41 Å². The molecule has 0 aliphatic rings. The van der Waals surface area contributed by atoms with Gasteiger partial charge in [-0.1, -0.05) is 48.8 Å². The highest BCUT2D eigenvalue weighted by Gasteiger charge is 2.21. The molecule has 0 fully saturated rings. The van der Waals surface area contributed by atoms with Crippen LogP contribution in [0.3, 0.4) is 0 Å². The number of rotatable bonds is 6. The van der Waals surface area contributed by atoms with Crippen LogP contribution in [0.1, 0.15) is 32.8 Å². The Morgan fingerprint density at radius 3 is 2.62 bits per heavy atom. The zero-order chi connectivity index (χ0) is 12.0. The third kappa shape index (κ3) is 4.26. The molecule has 0 aliphatic carbocycles. The van der Waals surface area contributed by atoms with Crippen molar-refractivity contribution in [2.24, 2.45) is 5.41 Å². The summed E-state index contributed by atoms with van der Waals surface area (Å²) >= 11 is 3.53. The van der Waals surface area contributed by atoms with Crippen LogP contribution in [0.15, 0.2) is 28.7 Å². The number of hydrogen-bond acceptors (Lipinski definition) is 1. The smallest absolute Gasteiger partial charge is 0.0177 e. The summed E-state index contributed by atoms with van der Waals surface area (Å²) < 4.78 is 1.17. The lowest BCUT2D eigenvalue weighted by molar-refractivity contribution is 0.293. The van der Waals surface area contributed by atoms with Crippen LogP contribution in [-0.4, -0.2) is 13.1 Å². The molecule has 1 atom stereocenters. The van der Waals surface area contributed by atoms with Gasteiger partial charge in [0, 0.05) is 11.0 Å². The molecule has 0 amide bonds. The number of benzene rings is 1. The molecular weight excluding hydrogens is 262 g/mol. The molecule has 0 radical (unpaired) electrons. The molecule has 0 saturated heterocycles. The minimum atomic E-state index is 0.358. The van der Waals surface area contributed by atoms with Crippen LogP contribution in [0.4, 0.5) is 0 Å². The van der Waals surface area contributed by atoms with E-state index >= 15 is 0 Å². The Morgan fingerprint density at radius 2 is 2.06 bits per heavy atom. The maximum atomic E-state index is 3.53. The summed E-state index contributed by atoms with van der Waals surface area (Å²) in [6, 6.07) is 8.63. The Morgan fingerprint density at radius 1 is 1.31 bits per heavy atom. The first kappa shape index (κ1) is 13.7. The van der Waals surface area contributed by atoms with Crippen molar-refractivity contribution in [3.8, 4) is 0 Å². The molecule has 1 N–H and O–H groups in total. The van der Waals surface area contributed by atoms with Gasteiger partial charge in [-0.15, -0.1) is 0 Å². The first-order valence-corrected chi connectivity index (χ1v) is 6.84. The van der Waals surface area contributed by atoms with E-state index in [1.54, 1.807) is 0 Å². The summed E-state index contributed by atoms with van der Waals surface area (Å²) in [6.07, 6.45) is 2.34. The van der Waals surface area contributed by atoms with Crippen LogP contribution in [0.5, 0.6) is 0 Å². The van der Waals surface area contributed by atoms with Gasteiger partial charge >= 0.3 is 0 Å². The zero-order valence-electron chi connectivity index (χ0n) is 10.5. The van der Waals surface area contributed by atoms with Crippen LogP contribution in [-0.2, 0) is 6.42 Å². The van der Waals surface area contributed by atoms with Crippen molar-refractivity contribution in [1.82, 2.24) is 5.32 Å². The number of hydrogen-bond donors (Lipinski definition) is 1. The van der Waals surface area contributed by atoms with Gasteiger partial charge in [-0.05, 0) is 42.5 Å². The van der Waals surface area contributed by atoms with E-state index in [0.29, 0.717) is 5.41 Å². The van der Waals surface area contributed by atoms with Crippen molar-refractivity contribution in [1.29, 1.82) is 0 Å². The van der Waals surface area contributed by atoms with Crippen molar-refractivity contribution in [3.63, 3.8) is 0 Å². The van der Waals surface area contributed by atoms with Gasteiger partial charge in [0.15, 0.2) is 0 Å². The quantitative estimate of drug-likeness (QED) is 0.832. The topological polar surface area (TPSA) is 12.0 Å². The largest absolute Gasteiger partial charge is 0.316 e. The highest BCUT2D eigenvalue weighted by Crippen LogP contribution is 2.26. The van der Waals surface area contributed by atoms with Gasteiger partial charge in [0.1, 0.15) is 0 Å². The van der Waals surface area contributed by atoms with Crippen LogP contribution < -0.4 is 5.32 Å². The molecule has 1 nitrogen and oxygen atoms in total. The molecule has 90 valence electrons. The summed E-state index contributed by atoms with van der Waals surface area (Å²) in [4.78, 5) is 0. The maximum absolute atomic E-state index is 3.53. The second-order valence-corrected chi connectivity index (χ2v) is 5.67. The second-order valence-electron chi connectivity index (χ2n) is 4.75. The first-order chi connectivity index (χ1) is 7.59. The summed E-state index contributed by atoms with van der Waals surface area (Å²) in [5, 5.41) is 3.46. The third-order valence-corrected chi connectivity index (χ3v) is 3.67. The van der Waals surface area contributed by atoms with E-state index in [1.165, 1.54) is 16.5 Å². The van der Waals surface area contributed by atoms with Gasteiger partial charge in [-0.3, -0.25) is 0 Å². The van der Waals surface area contributed by atoms with Gasteiger partial charge in [0.2, 0.25) is 0 Å². The Hall–Kier alpha value is -0.340. The van der Waals surface area contributed by atoms with Crippen molar-refractivity contribution in [2.45, 2.75) is 33.6 Å². The summed E-state index contributed by atoms with van der Waals surface area (Å²) in [6.45, 7) is 8.93. The van der Waals surface area contributed by atoms with E-state index in [0.717, 1.165) is 19.5 Å². The minimum Gasteiger partial charge on any atom is -0.316 e. The molecule has 0 spiro atoms. The fourth-order valence-electron chi connectivity index (χ4n) is 1.88. The fraction of sp³-hybridized carbons (Fsp3) is 0.571. The summed E-state index contributed by atoms with van der Waals surface area (Å²) in [5.41, 5.74) is 1.77. The van der Waals surface area contributed by atoms with E-state index in [-0.39, 0.29) is 0 Å². The normalized spacial score (nSPS) is 14.8. The zero-order valence-corrected chi connectivity index (χ0v) is 12.1. The van der Waals surface area contributed by atoms with Crippen LogP contribution >= 0.6 is 15.9 Å². The molecule has 0 heterocycles. The molecule has 1 unspecified atom stereocenters. The lowest BCUT2D eigenvalue weighted by Gasteiger charge is -2.28. The summed E-state index contributed by atoms with van der Waals surface area (Å²) in [5.74, 6) is 0. The van der Waals surface area contributed by atoms with Crippen molar-refractivity contribution in [3.05, 3.63) is 34.3 Å². The number of nitrogens with one attached hydrogen (secondary N) is 1. The maximum Gasteiger partial charge on any atom is 0.0177 e. The van der Waals surface area contributed by atoms with Gasteiger partial charge in [0.05, 0.1) is 0 Å². The average Bonchev–Trinajstić information content (AvgIpc) is 2.26. The van der Waals surface area contributed by atoms with Gasteiger partial charge in [-0.25, -0.2) is 0 Å². The monoisotopic (exact) mass is 283 g/mol. The van der Waals surface area contributed by atoms with E-state index in [9.17, 15) is 0 Å². The van der Waals surface area contributed by atoms with E-state index < -0.39 is 0 Å². The molecule has 0 aliphatic heterocycles. The standard InChI is InChI=1S/C14H22BrN/c1-4-14(3,11-16-5-2)10-12-7-6-8-13(15)9-12/h6-9,16H,4-5,10-11H2,1-3H3. The Balaban J connectivity index is 2.68. The Labute approximate surface area is 108 Å². The van der Waals surface area contributed by atoms with Crippen molar-refractivity contribution < 1.29 is 0 Å². The fourth-order valence-corrected chi connectivity index (χ4v) is 2.33. The molecule has 1 aromatic rings. The van der Waals surface area contributed by atoms with E-state index in [2.05, 4.69) is 66.3 Å². The van der Waals surface area contributed by atoms with Crippen molar-refractivity contribution >= 4 is 15.9 Å². The highest BCUT2D eigenvalue weighted by atomic mass is 79.9. The Bertz CT molecular complexity index is 324. The molecule has 0 saturated carbocycles. The van der Waals surface area contributed by atoms with Crippen LogP contribution in [0.2, 0.25) is 0 Å². The number of halogens is 1. The lowest BCUT2D eigenvalue weighted by atomic mass is 9.81. The highest BCUT2D eigenvalue weighted by molar-refractivity contribution is 9.10. The van der Waals surface area contributed by atoms with Gasteiger partial charge in [0.25, 0.3) is 0 Å². The van der Waals surface area contributed by atoms with Crippen LogP contribution in [0.25, 0.3) is 0 Å². The first-order valence-electron chi connectivity index (χ1n) is 6.05. The molecule has 0 bridgehead atoms. The van der Waals surface area contributed by atoms with Gasteiger partial charge < -0.3 is 5.32 Å². The SMILES string of the molecule is CCNCC(C)(CC)Cc1cccc(Br)c1. The second kappa shape index (κ2) is 6.41. The van der Waals surface area contributed by atoms with Crippen molar-refractivity contribution in [2.75, 3.05) is 13.1 Å².